The average Bonchev–Trinajstić information content (AvgIpc) is 2.18. The molecule has 1 aromatic heterocycles. The molecule has 0 saturated heterocycles. The molecule has 0 aliphatic heterocycles. The Balaban J connectivity index is 2.82. The SMILES string of the molecule is CN(C)c1nccc(N(C)CCCl)n1. The summed E-state index contributed by atoms with van der Waals surface area (Å²) in [5.74, 6) is 2.20. The summed E-state index contributed by atoms with van der Waals surface area (Å²) < 4.78 is 0. The third-order valence-electron chi connectivity index (χ3n) is 1.84. The van der Waals surface area contributed by atoms with E-state index in [-0.39, 0.29) is 0 Å². The number of nitrogens with zero attached hydrogens (tertiary/aromatic N) is 4. The summed E-state index contributed by atoms with van der Waals surface area (Å²) in [5.41, 5.74) is 0. The van der Waals surface area contributed by atoms with Crippen molar-refractivity contribution < 1.29 is 0 Å². The van der Waals surface area contributed by atoms with Crippen molar-refractivity contribution >= 4 is 23.4 Å². The first kappa shape index (κ1) is 11.0. The topological polar surface area (TPSA) is 32.3 Å². The number of anilines is 2. The standard InChI is InChI=1S/C9H15ClN4/c1-13(2)9-11-6-4-8(12-9)14(3)7-5-10/h4,6H,5,7H2,1-3H3. The zero-order valence-electron chi connectivity index (χ0n) is 8.74. The molecule has 0 aliphatic rings. The summed E-state index contributed by atoms with van der Waals surface area (Å²) in [6.45, 7) is 0.783. The van der Waals surface area contributed by atoms with Gasteiger partial charge in [0.25, 0.3) is 0 Å². The van der Waals surface area contributed by atoms with Gasteiger partial charge in [0.2, 0.25) is 5.95 Å². The summed E-state index contributed by atoms with van der Waals surface area (Å²) in [4.78, 5) is 12.4. The van der Waals surface area contributed by atoms with Crippen LogP contribution in [0.4, 0.5) is 11.8 Å². The van der Waals surface area contributed by atoms with E-state index in [1.165, 1.54) is 0 Å². The fourth-order valence-corrected chi connectivity index (χ4v) is 1.26. The normalized spacial score (nSPS) is 10.0. The van der Waals surface area contributed by atoms with E-state index in [9.17, 15) is 0 Å². The fourth-order valence-electron chi connectivity index (χ4n) is 1.01. The Bertz CT molecular complexity index is 290. The van der Waals surface area contributed by atoms with E-state index >= 15 is 0 Å². The molecule has 1 aromatic rings. The Morgan fingerprint density at radius 2 is 2.07 bits per heavy atom. The zero-order valence-corrected chi connectivity index (χ0v) is 9.49. The first-order chi connectivity index (χ1) is 6.65. The van der Waals surface area contributed by atoms with E-state index in [0.29, 0.717) is 11.8 Å². The van der Waals surface area contributed by atoms with Crippen molar-refractivity contribution in [1.29, 1.82) is 0 Å². The minimum absolute atomic E-state index is 0.595. The van der Waals surface area contributed by atoms with Crippen LogP contribution >= 0.6 is 11.6 Å². The van der Waals surface area contributed by atoms with Crippen LogP contribution in [0.3, 0.4) is 0 Å². The molecule has 1 heterocycles. The summed E-state index contributed by atoms with van der Waals surface area (Å²) >= 11 is 5.65. The van der Waals surface area contributed by atoms with Crippen molar-refractivity contribution in [3.05, 3.63) is 12.3 Å². The van der Waals surface area contributed by atoms with E-state index in [1.54, 1.807) is 6.20 Å². The largest absolute Gasteiger partial charge is 0.358 e. The van der Waals surface area contributed by atoms with Gasteiger partial charge in [-0.15, -0.1) is 11.6 Å². The van der Waals surface area contributed by atoms with E-state index in [4.69, 9.17) is 11.6 Å². The van der Waals surface area contributed by atoms with Crippen LogP contribution in [0.5, 0.6) is 0 Å². The Morgan fingerprint density at radius 3 is 2.64 bits per heavy atom. The molecule has 4 nitrogen and oxygen atoms in total. The first-order valence-electron chi connectivity index (χ1n) is 4.42. The molecule has 5 heteroatoms. The molecule has 0 aliphatic carbocycles. The summed E-state index contributed by atoms with van der Waals surface area (Å²) in [7, 11) is 5.80. The second-order valence-corrected chi connectivity index (χ2v) is 3.60. The highest BCUT2D eigenvalue weighted by molar-refractivity contribution is 6.18. The molecule has 0 bridgehead atoms. The lowest BCUT2D eigenvalue weighted by molar-refractivity contribution is 0.914. The van der Waals surface area contributed by atoms with Crippen LogP contribution in [0.1, 0.15) is 0 Å². The minimum atomic E-state index is 0.595. The van der Waals surface area contributed by atoms with Crippen molar-refractivity contribution in [1.82, 2.24) is 9.97 Å². The molecule has 0 radical (unpaired) electrons. The maximum atomic E-state index is 5.65. The summed E-state index contributed by atoms with van der Waals surface area (Å²) in [6, 6.07) is 1.87. The maximum absolute atomic E-state index is 5.65. The van der Waals surface area contributed by atoms with Gasteiger partial charge in [-0.1, -0.05) is 0 Å². The van der Waals surface area contributed by atoms with Crippen molar-refractivity contribution in [2.45, 2.75) is 0 Å². The van der Waals surface area contributed by atoms with Gasteiger partial charge in [-0.2, -0.15) is 4.98 Å². The molecule has 1 rings (SSSR count). The van der Waals surface area contributed by atoms with Gasteiger partial charge in [0.05, 0.1) is 0 Å². The molecule has 0 spiro atoms. The Morgan fingerprint density at radius 1 is 1.36 bits per heavy atom. The number of alkyl halides is 1. The van der Waals surface area contributed by atoms with Gasteiger partial charge >= 0.3 is 0 Å². The third-order valence-corrected chi connectivity index (χ3v) is 2.01. The van der Waals surface area contributed by atoms with Crippen molar-refractivity contribution in [2.24, 2.45) is 0 Å². The van der Waals surface area contributed by atoms with Crippen LogP contribution < -0.4 is 9.80 Å². The van der Waals surface area contributed by atoms with Crippen LogP contribution in [0.15, 0.2) is 12.3 Å². The molecule has 0 N–H and O–H groups in total. The van der Waals surface area contributed by atoms with Crippen LogP contribution in [0.25, 0.3) is 0 Å². The fraction of sp³-hybridized carbons (Fsp3) is 0.556. The highest BCUT2D eigenvalue weighted by Crippen LogP contribution is 2.11. The predicted molar refractivity (Wildman–Crippen MR) is 60.3 cm³/mol. The number of halogens is 1. The smallest absolute Gasteiger partial charge is 0.226 e. The van der Waals surface area contributed by atoms with E-state index < -0.39 is 0 Å². The van der Waals surface area contributed by atoms with E-state index in [0.717, 1.165) is 12.4 Å². The molecule has 0 amide bonds. The summed E-state index contributed by atoms with van der Waals surface area (Å²) in [5, 5.41) is 0. The predicted octanol–water partition coefficient (Wildman–Crippen LogP) is 1.22. The third kappa shape index (κ3) is 2.73. The van der Waals surface area contributed by atoms with E-state index in [1.807, 2.05) is 37.0 Å². The van der Waals surface area contributed by atoms with Gasteiger partial charge < -0.3 is 9.80 Å². The molecule has 0 aromatic carbocycles. The van der Waals surface area contributed by atoms with Crippen LogP contribution in [0, 0.1) is 0 Å². The maximum Gasteiger partial charge on any atom is 0.226 e. The molecule has 0 fully saturated rings. The van der Waals surface area contributed by atoms with Gasteiger partial charge in [0.1, 0.15) is 5.82 Å². The Labute approximate surface area is 89.5 Å². The lowest BCUT2D eigenvalue weighted by atomic mass is 10.5. The zero-order chi connectivity index (χ0) is 10.6. The van der Waals surface area contributed by atoms with Crippen molar-refractivity contribution in [3.8, 4) is 0 Å². The number of hydrogen-bond donors (Lipinski definition) is 0. The first-order valence-corrected chi connectivity index (χ1v) is 4.96. The summed E-state index contributed by atoms with van der Waals surface area (Å²) in [6.07, 6.45) is 1.75. The minimum Gasteiger partial charge on any atom is -0.358 e. The molecule has 14 heavy (non-hydrogen) atoms. The lowest BCUT2D eigenvalue weighted by Gasteiger charge is -2.18. The molecule has 78 valence electrons. The lowest BCUT2D eigenvalue weighted by Crippen LogP contribution is -2.22. The Hall–Kier alpha value is -1.03. The van der Waals surface area contributed by atoms with Gasteiger partial charge in [-0.25, -0.2) is 4.98 Å². The number of hydrogen-bond acceptors (Lipinski definition) is 4. The quantitative estimate of drug-likeness (QED) is 0.706. The van der Waals surface area contributed by atoms with Crippen LogP contribution in [0.2, 0.25) is 0 Å². The van der Waals surface area contributed by atoms with Gasteiger partial charge in [0.15, 0.2) is 0 Å². The second-order valence-electron chi connectivity index (χ2n) is 3.22. The molecular formula is C9H15ClN4. The average molecular weight is 215 g/mol. The number of aromatic nitrogens is 2. The molecular weight excluding hydrogens is 200 g/mol. The Kier molecular flexibility index (Phi) is 3.95. The van der Waals surface area contributed by atoms with E-state index in [2.05, 4.69) is 9.97 Å². The highest BCUT2D eigenvalue weighted by atomic mass is 35.5. The van der Waals surface area contributed by atoms with Gasteiger partial charge in [0, 0.05) is 39.8 Å². The second kappa shape index (κ2) is 5.00. The molecule has 0 unspecified atom stereocenters. The van der Waals surface area contributed by atoms with Crippen LogP contribution in [-0.4, -0.2) is 43.5 Å². The molecule has 0 atom stereocenters. The van der Waals surface area contributed by atoms with Crippen LogP contribution in [-0.2, 0) is 0 Å². The van der Waals surface area contributed by atoms with Gasteiger partial charge in [-0.3, -0.25) is 0 Å². The number of rotatable bonds is 4. The van der Waals surface area contributed by atoms with Gasteiger partial charge in [-0.05, 0) is 6.07 Å². The van der Waals surface area contributed by atoms with Crippen molar-refractivity contribution in [2.75, 3.05) is 43.4 Å². The molecule has 0 saturated carbocycles. The monoisotopic (exact) mass is 214 g/mol. The van der Waals surface area contributed by atoms with Crippen molar-refractivity contribution in [3.63, 3.8) is 0 Å². The highest BCUT2D eigenvalue weighted by Gasteiger charge is 2.04.